The van der Waals surface area contributed by atoms with Gasteiger partial charge in [-0.05, 0) is 13.0 Å². The van der Waals surface area contributed by atoms with E-state index in [-0.39, 0.29) is 12.5 Å². The first kappa shape index (κ1) is 11.3. The number of aromatic nitrogens is 3. The van der Waals surface area contributed by atoms with Gasteiger partial charge in [-0.25, -0.2) is 14.3 Å². The van der Waals surface area contributed by atoms with E-state index in [0.29, 0.717) is 6.61 Å². The van der Waals surface area contributed by atoms with Gasteiger partial charge in [-0.2, -0.15) is 4.57 Å². The van der Waals surface area contributed by atoms with Crippen LogP contribution in [0.15, 0.2) is 43.1 Å². The molecule has 0 spiro atoms. The summed E-state index contributed by atoms with van der Waals surface area (Å²) in [6.45, 7) is 2.41. The van der Waals surface area contributed by atoms with Gasteiger partial charge in [-0.15, -0.1) is 0 Å². The molecular weight excluding hydrogens is 218 g/mol. The van der Waals surface area contributed by atoms with Crippen LogP contribution in [0.2, 0.25) is 0 Å². The first-order chi connectivity index (χ1) is 8.29. The molecule has 0 saturated carbocycles. The third-order valence-corrected chi connectivity index (χ3v) is 2.22. The Morgan fingerprint density at radius 3 is 3.12 bits per heavy atom. The summed E-state index contributed by atoms with van der Waals surface area (Å²) < 4.78 is 8.48. The van der Waals surface area contributed by atoms with E-state index in [0.717, 1.165) is 5.82 Å². The molecule has 0 aliphatic heterocycles. The van der Waals surface area contributed by atoms with Gasteiger partial charge in [0.05, 0.1) is 6.61 Å². The molecule has 0 fully saturated rings. The topological polar surface area (TPSA) is 48.0 Å². The Hall–Kier alpha value is -2.17. The van der Waals surface area contributed by atoms with E-state index in [4.69, 9.17) is 4.74 Å². The average molecular weight is 232 g/mol. The zero-order valence-corrected chi connectivity index (χ0v) is 9.61. The normalized spacial score (nSPS) is 10.2. The number of pyridine rings is 1. The molecule has 0 radical (unpaired) electrons. The van der Waals surface area contributed by atoms with Gasteiger partial charge < -0.3 is 4.74 Å². The van der Waals surface area contributed by atoms with E-state index >= 15 is 0 Å². The van der Waals surface area contributed by atoms with Gasteiger partial charge >= 0.3 is 5.97 Å². The summed E-state index contributed by atoms with van der Waals surface area (Å²) in [5.41, 5.74) is 0. The van der Waals surface area contributed by atoms with Crippen molar-refractivity contribution in [2.75, 3.05) is 6.61 Å². The molecule has 0 atom stereocenters. The van der Waals surface area contributed by atoms with Gasteiger partial charge in [-0.3, -0.25) is 0 Å². The van der Waals surface area contributed by atoms with Crippen LogP contribution in [0.5, 0.6) is 0 Å². The van der Waals surface area contributed by atoms with Crippen molar-refractivity contribution in [3.8, 4) is 5.82 Å². The Labute approximate surface area is 99.3 Å². The second kappa shape index (κ2) is 5.25. The van der Waals surface area contributed by atoms with E-state index in [1.54, 1.807) is 24.0 Å². The highest BCUT2D eigenvalue weighted by Gasteiger charge is 2.11. The second-order valence-corrected chi connectivity index (χ2v) is 3.49. The predicted octanol–water partition coefficient (Wildman–Crippen LogP) is 0.723. The Kier molecular flexibility index (Phi) is 3.49. The van der Waals surface area contributed by atoms with Crippen LogP contribution in [-0.4, -0.2) is 22.1 Å². The van der Waals surface area contributed by atoms with Gasteiger partial charge in [0, 0.05) is 12.3 Å². The van der Waals surface area contributed by atoms with Gasteiger partial charge in [0.15, 0.2) is 6.54 Å². The highest BCUT2D eigenvalue weighted by atomic mass is 16.5. The number of ether oxygens (including phenoxy) is 1. The molecule has 0 N–H and O–H groups in total. The Morgan fingerprint density at radius 1 is 1.53 bits per heavy atom. The first-order valence-corrected chi connectivity index (χ1v) is 5.43. The molecule has 2 aromatic rings. The molecule has 5 nitrogen and oxygen atoms in total. The van der Waals surface area contributed by atoms with Crippen molar-refractivity contribution in [1.82, 2.24) is 9.55 Å². The molecule has 2 rings (SSSR count). The van der Waals surface area contributed by atoms with E-state index in [2.05, 4.69) is 4.98 Å². The van der Waals surface area contributed by atoms with Gasteiger partial charge in [0.25, 0.3) is 6.33 Å². The van der Waals surface area contributed by atoms with Crippen molar-refractivity contribution < 1.29 is 14.1 Å². The van der Waals surface area contributed by atoms with E-state index in [1.165, 1.54) is 0 Å². The van der Waals surface area contributed by atoms with Crippen molar-refractivity contribution in [1.29, 1.82) is 0 Å². The summed E-state index contributed by atoms with van der Waals surface area (Å²) in [5.74, 6) is 0.575. The SMILES string of the molecule is CCOC(=O)C[n+]1ccn(-c2ccccn2)c1. The quantitative estimate of drug-likeness (QED) is 0.576. The summed E-state index contributed by atoms with van der Waals surface area (Å²) in [7, 11) is 0. The van der Waals surface area contributed by atoms with E-state index in [1.807, 2.05) is 35.2 Å². The maximum Gasteiger partial charge on any atom is 0.348 e. The van der Waals surface area contributed by atoms with Crippen LogP contribution in [0.4, 0.5) is 0 Å². The molecule has 0 aliphatic carbocycles. The maximum absolute atomic E-state index is 11.3. The number of rotatable bonds is 4. The van der Waals surface area contributed by atoms with Gasteiger partial charge in [-0.1, -0.05) is 6.07 Å². The van der Waals surface area contributed by atoms with Crippen LogP contribution in [0.25, 0.3) is 5.82 Å². The summed E-state index contributed by atoms with van der Waals surface area (Å²) in [4.78, 5) is 15.5. The minimum atomic E-state index is -0.240. The predicted molar refractivity (Wildman–Crippen MR) is 60.4 cm³/mol. The number of esters is 1. The maximum atomic E-state index is 11.3. The summed E-state index contributed by atoms with van der Waals surface area (Å²) in [6, 6.07) is 5.67. The number of carbonyl (C=O) groups excluding carboxylic acids is 1. The minimum absolute atomic E-state index is 0.216. The molecule has 2 aromatic heterocycles. The fourth-order valence-corrected chi connectivity index (χ4v) is 1.49. The van der Waals surface area contributed by atoms with Crippen LogP contribution in [0.3, 0.4) is 0 Å². The molecule has 0 aromatic carbocycles. The molecule has 0 aliphatic rings. The highest BCUT2D eigenvalue weighted by molar-refractivity contribution is 5.67. The summed E-state index contributed by atoms with van der Waals surface area (Å²) >= 11 is 0. The van der Waals surface area contributed by atoms with Crippen LogP contribution in [0.1, 0.15) is 6.92 Å². The van der Waals surface area contributed by atoms with Crippen molar-refractivity contribution in [2.24, 2.45) is 0 Å². The third kappa shape index (κ3) is 2.90. The Bertz CT molecular complexity index is 493. The van der Waals surface area contributed by atoms with Crippen molar-refractivity contribution in [3.05, 3.63) is 43.1 Å². The molecule has 0 amide bonds. The second-order valence-electron chi connectivity index (χ2n) is 3.49. The summed E-state index contributed by atoms with van der Waals surface area (Å²) in [6.07, 6.45) is 7.19. The van der Waals surface area contributed by atoms with Crippen LogP contribution in [-0.2, 0) is 16.1 Å². The lowest BCUT2D eigenvalue weighted by Gasteiger charge is -1.97. The van der Waals surface area contributed by atoms with Crippen molar-refractivity contribution >= 4 is 5.97 Å². The standard InChI is InChI=1S/C12H14N3O2/c1-2-17-12(16)9-14-7-8-15(10-14)11-5-3-4-6-13-11/h3-8,10H,2,9H2,1H3/q+1. The van der Waals surface area contributed by atoms with Crippen LogP contribution < -0.4 is 4.57 Å². The molecule has 2 heterocycles. The highest BCUT2D eigenvalue weighted by Crippen LogP contribution is 2.00. The van der Waals surface area contributed by atoms with Crippen LogP contribution in [0, 0.1) is 0 Å². The molecule has 88 valence electrons. The van der Waals surface area contributed by atoms with Crippen molar-refractivity contribution in [2.45, 2.75) is 13.5 Å². The number of nitrogens with zero attached hydrogens (tertiary/aromatic N) is 3. The molecule has 17 heavy (non-hydrogen) atoms. The minimum Gasteiger partial charge on any atom is -0.463 e. The van der Waals surface area contributed by atoms with E-state index < -0.39 is 0 Å². The average Bonchev–Trinajstić information content (AvgIpc) is 2.79. The lowest BCUT2D eigenvalue weighted by Crippen LogP contribution is -2.36. The monoisotopic (exact) mass is 232 g/mol. The molecular formula is C12H14N3O2+. The zero-order chi connectivity index (χ0) is 12.1. The smallest absolute Gasteiger partial charge is 0.348 e. The molecule has 0 saturated heterocycles. The van der Waals surface area contributed by atoms with Gasteiger partial charge in [0.1, 0.15) is 12.4 Å². The molecule has 0 unspecified atom stereocenters. The zero-order valence-electron chi connectivity index (χ0n) is 9.61. The number of hydrogen-bond acceptors (Lipinski definition) is 3. The largest absolute Gasteiger partial charge is 0.463 e. The number of carbonyl (C=O) groups is 1. The Morgan fingerprint density at radius 2 is 2.41 bits per heavy atom. The number of hydrogen-bond donors (Lipinski definition) is 0. The van der Waals surface area contributed by atoms with Gasteiger partial charge in [0.2, 0.25) is 5.82 Å². The molecule has 0 bridgehead atoms. The summed E-state index contributed by atoms with van der Waals surface area (Å²) in [5, 5.41) is 0. The lowest BCUT2D eigenvalue weighted by molar-refractivity contribution is -0.685. The fourth-order valence-electron chi connectivity index (χ4n) is 1.49. The fraction of sp³-hybridized carbons (Fsp3) is 0.250. The van der Waals surface area contributed by atoms with Crippen LogP contribution >= 0.6 is 0 Å². The first-order valence-electron chi connectivity index (χ1n) is 5.43. The molecule has 5 heteroatoms. The Balaban J connectivity index is 2.09. The van der Waals surface area contributed by atoms with Crippen molar-refractivity contribution in [3.63, 3.8) is 0 Å². The van der Waals surface area contributed by atoms with E-state index in [9.17, 15) is 4.79 Å². The lowest BCUT2D eigenvalue weighted by atomic mass is 10.5. The third-order valence-electron chi connectivity index (χ3n) is 2.22. The number of imidazole rings is 1.